The van der Waals surface area contributed by atoms with E-state index in [-0.39, 0.29) is 0 Å². The summed E-state index contributed by atoms with van der Waals surface area (Å²) in [7, 11) is 2.38. The summed E-state index contributed by atoms with van der Waals surface area (Å²) < 4.78 is 9.50. The zero-order valence-corrected chi connectivity index (χ0v) is 10.5. The third-order valence-electron chi connectivity index (χ3n) is 0.812. The first-order chi connectivity index (χ1) is 7.22. The Morgan fingerprint density at radius 2 is 1.20 bits per heavy atom. The Morgan fingerprint density at radius 3 is 1.20 bits per heavy atom. The van der Waals surface area contributed by atoms with E-state index in [2.05, 4.69) is 31.6 Å². The Morgan fingerprint density at radius 1 is 0.933 bits per heavy atom. The van der Waals surface area contributed by atoms with Gasteiger partial charge in [0, 0.05) is 7.05 Å². The first-order valence-electron chi connectivity index (χ1n) is 4.55. The average molecular weight is 216 g/mol. The van der Waals surface area contributed by atoms with E-state index in [4.69, 9.17) is 0 Å². The van der Waals surface area contributed by atoms with Gasteiger partial charge in [-0.1, -0.05) is 40.2 Å². The van der Waals surface area contributed by atoms with Gasteiger partial charge in [0.15, 0.2) is 0 Å². The lowest BCUT2D eigenvalue weighted by molar-refractivity contribution is 0.631. The second kappa shape index (κ2) is 39.1. The molecule has 0 aromatic rings. The van der Waals surface area contributed by atoms with Crippen molar-refractivity contribution >= 4 is 0 Å². The van der Waals surface area contributed by atoms with Crippen LogP contribution in [0.4, 0.5) is 4.39 Å². The van der Waals surface area contributed by atoms with Crippen molar-refractivity contribution in [3.05, 3.63) is 51.1 Å². The number of hydrogen-bond acceptors (Lipinski definition) is 2. The Balaban J connectivity index is -0.0000000610. The summed E-state index contributed by atoms with van der Waals surface area (Å²) in [5.41, 5.74) is 0. The molecule has 0 saturated heterocycles. The molecule has 0 rings (SSSR count). The molecule has 90 valence electrons. The fourth-order valence-corrected chi connectivity index (χ4v) is 0.158. The Bertz CT molecular complexity index is 120. The van der Waals surface area contributed by atoms with Crippen LogP contribution in [0.1, 0.15) is 13.8 Å². The highest BCUT2D eigenvalue weighted by Crippen LogP contribution is 1.75. The maximum atomic E-state index is 9.50. The van der Waals surface area contributed by atoms with E-state index in [1.54, 1.807) is 29.7 Å². The van der Waals surface area contributed by atoms with E-state index in [0.717, 1.165) is 0 Å². The highest BCUT2D eigenvalue weighted by atomic mass is 19.1. The van der Waals surface area contributed by atoms with Crippen LogP contribution in [0.15, 0.2) is 51.1 Å². The maximum absolute atomic E-state index is 9.50. The predicted molar refractivity (Wildman–Crippen MR) is 70.1 cm³/mol. The van der Waals surface area contributed by atoms with Crippen molar-refractivity contribution in [3.8, 4) is 0 Å². The molecule has 0 aliphatic rings. The van der Waals surface area contributed by atoms with E-state index < -0.39 is 0 Å². The van der Waals surface area contributed by atoms with Gasteiger partial charge in [-0.15, -0.1) is 0 Å². The maximum Gasteiger partial charge on any atom is 0.0785 e. The lowest BCUT2D eigenvalue weighted by Gasteiger charge is -2.00. The SMILES string of the molecule is C=CN(C)C=C.C=CNC=C.CC.CF. The first kappa shape index (κ1) is 23.4. The number of nitrogens with zero attached hydrogens (tertiary/aromatic N) is 1. The Kier molecular flexibility index (Phi) is 61.0. The lowest BCUT2D eigenvalue weighted by atomic mass is 10.8. The number of nitrogens with one attached hydrogen (secondary N) is 1. The molecule has 0 atom stereocenters. The molecule has 0 aromatic heterocycles. The molecular weight excluding hydrogens is 191 g/mol. The summed E-state index contributed by atoms with van der Waals surface area (Å²) in [6.45, 7) is 17.7. The number of hydrogen-bond donors (Lipinski definition) is 1. The van der Waals surface area contributed by atoms with Crippen LogP contribution < -0.4 is 5.32 Å². The molecule has 3 heteroatoms. The van der Waals surface area contributed by atoms with Crippen LogP contribution in [-0.4, -0.2) is 19.1 Å². The molecule has 0 fully saturated rings. The zero-order valence-electron chi connectivity index (χ0n) is 10.5. The second-order valence-corrected chi connectivity index (χ2v) is 1.61. The molecule has 0 amide bonds. The Hall–Kier alpha value is -1.51. The molecule has 0 bridgehead atoms. The third kappa shape index (κ3) is 68.2. The molecule has 0 saturated carbocycles. The highest BCUT2D eigenvalue weighted by Gasteiger charge is 1.68. The van der Waals surface area contributed by atoms with Gasteiger partial charge in [0.2, 0.25) is 0 Å². The summed E-state index contributed by atoms with van der Waals surface area (Å²) in [6.07, 6.45) is 6.50. The first-order valence-corrected chi connectivity index (χ1v) is 4.55. The minimum atomic E-state index is 0.500. The predicted octanol–water partition coefficient (Wildman–Crippen LogP) is 3.68. The molecular formula is C12H25FN2. The van der Waals surface area contributed by atoms with Crippen molar-refractivity contribution in [3.63, 3.8) is 0 Å². The van der Waals surface area contributed by atoms with Gasteiger partial charge in [0.05, 0.1) is 7.18 Å². The van der Waals surface area contributed by atoms with Gasteiger partial charge in [-0.05, 0) is 24.8 Å². The topological polar surface area (TPSA) is 15.3 Å². The molecule has 0 aliphatic heterocycles. The van der Waals surface area contributed by atoms with E-state index in [1.165, 1.54) is 0 Å². The number of rotatable bonds is 4. The zero-order chi connectivity index (χ0) is 13.1. The van der Waals surface area contributed by atoms with Crippen molar-refractivity contribution in [2.75, 3.05) is 14.2 Å². The van der Waals surface area contributed by atoms with Crippen LogP contribution in [0.3, 0.4) is 0 Å². The van der Waals surface area contributed by atoms with Gasteiger partial charge < -0.3 is 10.2 Å². The molecule has 0 aliphatic carbocycles. The average Bonchev–Trinajstić information content (AvgIpc) is 2.35. The van der Waals surface area contributed by atoms with Crippen LogP contribution >= 0.6 is 0 Å². The molecule has 1 N–H and O–H groups in total. The molecule has 0 unspecified atom stereocenters. The molecule has 0 heterocycles. The third-order valence-corrected chi connectivity index (χ3v) is 0.812. The van der Waals surface area contributed by atoms with Crippen molar-refractivity contribution in [2.45, 2.75) is 13.8 Å². The molecule has 0 spiro atoms. The highest BCUT2D eigenvalue weighted by molar-refractivity contribution is 4.75. The van der Waals surface area contributed by atoms with E-state index in [1.807, 2.05) is 20.9 Å². The van der Waals surface area contributed by atoms with E-state index in [9.17, 15) is 4.39 Å². The summed E-state index contributed by atoms with van der Waals surface area (Å²) in [6, 6.07) is 0. The van der Waals surface area contributed by atoms with E-state index >= 15 is 0 Å². The van der Waals surface area contributed by atoms with Crippen molar-refractivity contribution in [2.24, 2.45) is 0 Å². The van der Waals surface area contributed by atoms with Gasteiger partial charge in [0.25, 0.3) is 0 Å². The van der Waals surface area contributed by atoms with Gasteiger partial charge in [-0.3, -0.25) is 4.39 Å². The van der Waals surface area contributed by atoms with Crippen LogP contribution in [0.25, 0.3) is 0 Å². The van der Waals surface area contributed by atoms with Crippen LogP contribution in [0.2, 0.25) is 0 Å². The standard InChI is InChI=1S/C5H9N.C4H7N.C2H6.CH3F/c1-4-6(3)5-2;1-3-5-4-2;2*1-2/h4-5H,1-2H2,3H3;3-5H,1-2H2;1-2H3;1H3. The lowest BCUT2D eigenvalue weighted by Crippen LogP contribution is -1.96. The summed E-state index contributed by atoms with van der Waals surface area (Å²) in [5.74, 6) is 0. The largest absolute Gasteiger partial charge is 0.369 e. The van der Waals surface area contributed by atoms with Gasteiger partial charge in [-0.25, -0.2) is 0 Å². The van der Waals surface area contributed by atoms with E-state index in [0.29, 0.717) is 7.18 Å². The molecule has 2 nitrogen and oxygen atoms in total. The fourth-order valence-electron chi connectivity index (χ4n) is 0.158. The van der Waals surface area contributed by atoms with Crippen LogP contribution in [0.5, 0.6) is 0 Å². The quantitative estimate of drug-likeness (QED) is 0.771. The van der Waals surface area contributed by atoms with Gasteiger partial charge in [-0.2, -0.15) is 0 Å². The second-order valence-electron chi connectivity index (χ2n) is 1.61. The molecule has 15 heavy (non-hydrogen) atoms. The minimum Gasteiger partial charge on any atom is -0.369 e. The van der Waals surface area contributed by atoms with Gasteiger partial charge in [0.1, 0.15) is 0 Å². The van der Waals surface area contributed by atoms with Crippen molar-refractivity contribution < 1.29 is 4.39 Å². The van der Waals surface area contributed by atoms with Crippen molar-refractivity contribution in [1.82, 2.24) is 10.2 Å². The summed E-state index contributed by atoms with van der Waals surface area (Å²) in [5, 5.41) is 2.64. The molecule has 0 radical (unpaired) electrons. The minimum absolute atomic E-state index is 0.500. The summed E-state index contributed by atoms with van der Waals surface area (Å²) >= 11 is 0. The normalized spacial score (nSPS) is 5.40. The smallest absolute Gasteiger partial charge is 0.0785 e. The van der Waals surface area contributed by atoms with Crippen molar-refractivity contribution in [1.29, 1.82) is 0 Å². The monoisotopic (exact) mass is 216 g/mol. The number of halogens is 1. The van der Waals surface area contributed by atoms with Crippen LogP contribution in [0, 0.1) is 0 Å². The van der Waals surface area contributed by atoms with Crippen LogP contribution in [-0.2, 0) is 0 Å². The van der Waals surface area contributed by atoms with Gasteiger partial charge >= 0.3 is 0 Å². The molecule has 0 aromatic carbocycles. The fraction of sp³-hybridized carbons (Fsp3) is 0.333. The number of alkyl halides is 1. The Labute approximate surface area is 94.5 Å². The summed E-state index contributed by atoms with van der Waals surface area (Å²) in [4.78, 5) is 1.78.